The van der Waals surface area contributed by atoms with Crippen molar-refractivity contribution < 1.29 is 9.59 Å². The fraction of sp³-hybridized carbons (Fsp3) is 0.500. The first-order valence-electron chi connectivity index (χ1n) is 11.4. The molecule has 7 heteroatoms. The van der Waals surface area contributed by atoms with Gasteiger partial charge in [-0.3, -0.25) is 14.5 Å². The number of piperidine rings is 1. The third-order valence-electron chi connectivity index (χ3n) is 6.30. The van der Waals surface area contributed by atoms with Crippen molar-refractivity contribution in [1.29, 1.82) is 0 Å². The van der Waals surface area contributed by atoms with Gasteiger partial charge in [-0.15, -0.1) is 0 Å². The van der Waals surface area contributed by atoms with Crippen molar-refractivity contribution in [2.75, 3.05) is 18.4 Å². The molecule has 2 heterocycles. The molecule has 2 aliphatic rings. The van der Waals surface area contributed by atoms with Crippen molar-refractivity contribution >= 4 is 17.6 Å². The van der Waals surface area contributed by atoms with Crippen LogP contribution in [0.25, 0.3) is 0 Å². The van der Waals surface area contributed by atoms with E-state index >= 15 is 0 Å². The Balaban J connectivity index is 1.30. The van der Waals surface area contributed by atoms with Crippen molar-refractivity contribution in [3.05, 3.63) is 54.0 Å². The molecule has 0 spiro atoms. The molecule has 1 aliphatic heterocycles. The van der Waals surface area contributed by atoms with Gasteiger partial charge in [0, 0.05) is 44.0 Å². The molecule has 1 aromatic carbocycles. The molecular weight excluding hydrogens is 390 g/mol. The summed E-state index contributed by atoms with van der Waals surface area (Å²) in [5.74, 6) is -0.0604. The normalized spacial score (nSPS) is 18.5. The minimum atomic E-state index is -0.270. The maximum atomic E-state index is 12.9. The maximum Gasteiger partial charge on any atom is 0.273 e. The Morgan fingerprint density at radius 3 is 2.39 bits per heavy atom. The zero-order valence-corrected chi connectivity index (χ0v) is 17.9. The van der Waals surface area contributed by atoms with Crippen LogP contribution in [0.5, 0.6) is 0 Å². The standard InChI is InChI=1S/C24H31N5O2/c30-23(19-9-5-2-6-10-19)28-22-21(25-13-14-26-22)24(31)27-20-11-15-29(16-12-20)17-18-7-3-1-4-8-18/h1,3-4,7-8,13-14,19-20H,2,5-6,9-12,15-17H2,(H,27,31)(H,26,28,30). The topological polar surface area (TPSA) is 87.2 Å². The molecule has 0 bridgehead atoms. The van der Waals surface area contributed by atoms with E-state index in [1.807, 2.05) is 6.07 Å². The smallest absolute Gasteiger partial charge is 0.273 e. The van der Waals surface area contributed by atoms with Crippen LogP contribution in [0.2, 0.25) is 0 Å². The molecule has 1 saturated carbocycles. The van der Waals surface area contributed by atoms with Gasteiger partial charge in [-0.05, 0) is 31.2 Å². The average molecular weight is 422 g/mol. The van der Waals surface area contributed by atoms with E-state index in [1.54, 1.807) is 0 Å². The summed E-state index contributed by atoms with van der Waals surface area (Å²) < 4.78 is 0. The minimum Gasteiger partial charge on any atom is -0.348 e. The number of amides is 2. The maximum absolute atomic E-state index is 12.9. The number of anilines is 1. The van der Waals surface area contributed by atoms with Crippen LogP contribution in [-0.4, -0.2) is 45.8 Å². The second-order valence-electron chi connectivity index (χ2n) is 8.59. The van der Waals surface area contributed by atoms with Crippen molar-refractivity contribution in [3.8, 4) is 0 Å². The van der Waals surface area contributed by atoms with E-state index in [-0.39, 0.29) is 35.3 Å². The van der Waals surface area contributed by atoms with Crippen molar-refractivity contribution in [3.63, 3.8) is 0 Å². The van der Waals surface area contributed by atoms with Crippen LogP contribution in [0.4, 0.5) is 5.82 Å². The summed E-state index contributed by atoms with van der Waals surface area (Å²) in [4.78, 5) is 36.3. The summed E-state index contributed by atoms with van der Waals surface area (Å²) in [6.45, 7) is 2.81. The van der Waals surface area contributed by atoms with Crippen LogP contribution in [0.3, 0.4) is 0 Å². The Bertz CT molecular complexity index is 875. The van der Waals surface area contributed by atoms with Crippen molar-refractivity contribution in [2.24, 2.45) is 5.92 Å². The fourth-order valence-corrected chi connectivity index (χ4v) is 4.51. The molecule has 4 rings (SSSR count). The quantitative estimate of drug-likeness (QED) is 0.747. The molecule has 0 radical (unpaired) electrons. The lowest BCUT2D eigenvalue weighted by atomic mass is 9.89. The van der Waals surface area contributed by atoms with E-state index in [0.29, 0.717) is 0 Å². The molecule has 1 aromatic heterocycles. The van der Waals surface area contributed by atoms with Gasteiger partial charge in [0.15, 0.2) is 11.5 Å². The van der Waals surface area contributed by atoms with E-state index < -0.39 is 0 Å². The fourth-order valence-electron chi connectivity index (χ4n) is 4.51. The minimum absolute atomic E-state index is 0.000564. The van der Waals surface area contributed by atoms with E-state index in [4.69, 9.17) is 0 Å². The van der Waals surface area contributed by atoms with E-state index in [0.717, 1.165) is 58.2 Å². The number of nitrogens with one attached hydrogen (secondary N) is 2. The van der Waals surface area contributed by atoms with Crippen molar-refractivity contribution in [1.82, 2.24) is 20.2 Å². The van der Waals surface area contributed by atoms with Gasteiger partial charge in [0.25, 0.3) is 5.91 Å². The molecule has 1 aliphatic carbocycles. The van der Waals surface area contributed by atoms with Gasteiger partial charge < -0.3 is 10.6 Å². The number of carbonyl (C=O) groups excluding carboxylic acids is 2. The number of carbonyl (C=O) groups is 2. The Hall–Kier alpha value is -2.80. The third-order valence-corrected chi connectivity index (χ3v) is 6.30. The summed E-state index contributed by atoms with van der Waals surface area (Å²) >= 11 is 0. The molecule has 31 heavy (non-hydrogen) atoms. The summed E-state index contributed by atoms with van der Waals surface area (Å²) in [6.07, 6.45) is 9.93. The first-order chi connectivity index (χ1) is 15.2. The highest BCUT2D eigenvalue weighted by Crippen LogP contribution is 2.25. The predicted molar refractivity (Wildman–Crippen MR) is 119 cm³/mol. The largest absolute Gasteiger partial charge is 0.348 e. The highest BCUT2D eigenvalue weighted by molar-refractivity contribution is 6.01. The molecule has 2 aromatic rings. The van der Waals surface area contributed by atoms with E-state index in [2.05, 4.69) is 49.8 Å². The second-order valence-corrected chi connectivity index (χ2v) is 8.59. The molecule has 0 atom stereocenters. The van der Waals surface area contributed by atoms with E-state index in [9.17, 15) is 9.59 Å². The SMILES string of the molecule is O=C(NC1CCN(Cc2ccccc2)CC1)c1nccnc1NC(=O)C1CCCCC1. The molecule has 2 N–H and O–H groups in total. The summed E-state index contributed by atoms with van der Waals surface area (Å²) in [7, 11) is 0. The number of rotatable bonds is 6. The Morgan fingerprint density at radius 1 is 0.935 bits per heavy atom. The number of likely N-dealkylation sites (tertiary alicyclic amines) is 1. The van der Waals surface area contributed by atoms with Crippen LogP contribution < -0.4 is 10.6 Å². The zero-order valence-electron chi connectivity index (χ0n) is 17.9. The molecule has 1 saturated heterocycles. The Labute approximate surface area is 183 Å². The van der Waals surface area contributed by atoms with Gasteiger partial charge in [-0.1, -0.05) is 49.6 Å². The van der Waals surface area contributed by atoms with Crippen LogP contribution in [0.15, 0.2) is 42.7 Å². The Morgan fingerprint density at radius 2 is 1.65 bits per heavy atom. The number of nitrogens with zero attached hydrogens (tertiary/aromatic N) is 3. The van der Waals surface area contributed by atoms with Crippen LogP contribution in [0, 0.1) is 5.92 Å². The van der Waals surface area contributed by atoms with Gasteiger partial charge >= 0.3 is 0 Å². The predicted octanol–water partition coefficient (Wildman–Crippen LogP) is 3.39. The van der Waals surface area contributed by atoms with Gasteiger partial charge in [-0.2, -0.15) is 0 Å². The number of hydrogen-bond acceptors (Lipinski definition) is 5. The molecule has 2 amide bonds. The first-order valence-corrected chi connectivity index (χ1v) is 11.4. The zero-order chi connectivity index (χ0) is 21.5. The Kier molecular flexibility index (Phi) is 7.25. The van der Waals surface area contributed by atoms with Crippen LogP contribution >= 0.6 is 0 Å². The van der Waals surface area contributed by atoms with Crippen LogP contribution in [0.1, 0.15) is 61.0 Å². The molecule has 164 valence electrons. The van der Waals surface area contributed by atoms with Gasteiger partial charge in [0.1, 0.15) is 0 Å². The second kappa shape index (κ2) is 10.5. The highest BCUT2D eigenvalue weighted by atomic mass is 16.2. The van der Waals surface area contributed by atoms with E-state index in [1.165, 1.54) is 24.4 Å². The first kappa shape index (κ1) is 21.4. The van der Waals surface area contributed by atoms with Crippen molar-refractivity contribution in [2.45, 2.75) is 57.5 Å². The lowest BCUT2D eigenvalue weighted by Gasteiger charge is -2.32. The average Bonchev–Trinajstić information content (AvgIpc) is 2.82. The van der Waals surface area contributed by atoms with Gasteiger partial charge in [0.2, 0.25) is 5.91 Å². The van der Waals surface area contributed by atoms with Gasteiger partial charge in [-0.25, -0.2) is 9.97 Å². The highest BCUT2D eigenvalue weighted by Gasteiger charge is 2.26. The lowest BCUT2D eigenvalue weighted by Crippen LogP contribution is -2.44. The number of hydrogen-bond donors (Lipinski definition) is 2. The monoisotopic (exact) mass is 421 g/mol. The van der Waals surface area contributed by atoms with Crippen LogP contribution in [-0.2, 0) is 11.3 Å². The molecule has 2 fully saturated rings. The summed E-state index contributed by atoms with van der Waals surface area (Å²) in [5, 5.41) is 5.94. The molecule has 0 unspecified atom stereocenters. The molecular formula is C24H31N5O2. The number of aromatic nitrogens is 2. The lowest BCUT2D eigenvalue weighted by molar-refractivity contribution is -0.120. The number of benzene rings is 1. The van der Waals surface area contributed by atoms with Gasteiger partial charge in [0.05, 0.1) is 0 Å². The summed E-state index contributed by atoms with van der Waals surface area (Å²) in [6, 6.07) is 10.5. The summed E-state index contributed by atoms with van der Waals surface area (Å²) in [5.41, 5.74) is 1.50. The molecule has 7 nitrogen and oxygen atoms in total. The third kappa shape index (κ3) is 5.88.